The zero-order chi connectivity index (χ0) is 11.5. The number of benzene rings is 1. The van der Waals surface area contributed by atoms with Crippen molar-refractivity contribution in [2.24, 2.45) is 0 Å². The molecule has 0 aliphatic rings. The Hall–Kier alpha value is -1.70. The number of alkyl halides is 3. The minimum atomic E-state index is -4.54. The number of hydrogen-bond acceptors (Lipinski definition) is 1. The van der Waals surface area contributed by atoms with Gasteiger partial charge in [-0.3, -0.25) is 0 Å². The lowest BCUT2D eigenvalue weighted by atomic mass is 10.2. The summed E-state index contributed by atoms with van der Waals surface area (Å²) >= 11 is 0. The van der Waals surface area contributed by atoms with E-state index < -0.39 is 17.6 Å². The maximum absolute atomic E-state index is 13.1. The van der Waals surface area contributed by atoms with Gasteiger partial charge in [0.1, 0.15) is 5.82 Å². The van der Waals surface area contributed by atoms with Crippen molar-refractivity contribution in [2.45, 2.75) is 6.18 Å². The predicted molar refractivity (Wildman–Crippen MR) is 48.7 cm³/mol. The first kappa shape index (κ1) is 11.4. The van der Waals surface area contributed by atoms with Gasteiger partial charge in [0.05, 0.1) is 17.8 Å². The molecule has 5 heteroatoms. The molecule has 0 aliphatic heterocycles. The van der Waals surface area contributed by atoms with E-state index in [2.05, 4.69) is 11.2 Å². The molecule has 0 aromatic heterocycles. The largest absolute Gasteiger partial charge is 0.416 e. The predicted octanol–water partition coefficient (Wildman–Crippen LogP) is 2.89. The van der Waals surface area contributed by atoms with Crippen molar-refractivity contribution in [3.05, 3.63) is 29.6 Å². The normalized spacial score (nSPS) is 10.9. The Bertz CT molecular complexity index is 389. The molecule has 0 unspecified atom stereocenters. The molecule has 0 aliphatic carbocycles. The van der Waals surface area contributed by atoms with Gasteiger partial charge in [-0.05, 0) is 18.2 Å². The van der Waals surface area contributed by atoms with Gasteiger partial charge in [0.15, 0.2) is 0 Å². The van der Waals surface area contributed by atoms with Crippen LogP contribution in [0.2, 0.25) is 0 Å². The van der Waals surface area contributed by atoms with Crippen LogP contribution in [0, 0.1) is 18.2 Å². The fourth-order valence-electron chi connectivity index (χ4n) is 0.981. The fourth-order valence-corrected chi connectivity index (χ4v) is 0.981. The average Bonchev–Trinajstić information content (AvgIpc) is 2.14. The zero-order valence-electron chi connectivity index (χ0n) is 7.53. The Morgan fingerprint density at radius 3 is 2.47 bits per heavy atom. The van der Waals surface area contributed by atoms with Crippen LogP contribution in [0.25, 0.3) is 0 Å². The van der Waals surface area contributed by atoms with Crippen molar-refractivity contribution in [1.82, 2.24) is 0 Å². The summed E-state index contributed by atoms with van der Waals surface area (Å²) in [6.07, 6.45) is 0.374. The summed E-state index contributed by atoms with van der Waals surface area (Å²) in [7, 11) is 0. The minimum absolute atomic E-state index is 0.0408. The van der Waals surface area contributed by atoms with E-state index in [1.807, 2.05) is 0 Å². The SMILES string of the molecule is C#CCNc1ccc(C(F)(F)F)cc1F. The monoisotopic (exact) mass is 217 g/mol. The topological polar surface area (TPSA) is 12.0 Å². The van der Waals surface area contributed by atoms with E-state index in [4.69, 9.17) is 6.42 Å². The van der Waals surface area contributed by atoms with Crippen molar-refractivity contribution in [1.29, 1.82) is 0 Å². The number of rotatable bonds is 2. The highest BCUT2D eigenvalue weighted by Gasteiger charge is 2.31. The maximum Gasteiger partial charge on any atom is 0.416 e. The summed E-state index contributed by atoms with van der Waals surface area (Å²) in [5.74, 6) is 1.22. The summed E-state index contributed by atoms with van der Waals surface area (Å²) in [5.41, 5.74) is -1.06. The molecule has 0 saturated carbocycles. The molecule has 0 amide bonds. The first-order valence-electron chi connectivity index (χ1n) is 3.99. The van der Waals surface area contributed by atoms with Crippen LogP contribution in [0.3, 0.4) is 0 Å². The first-order valence-corrected chi connectivity index (χ1v) is 3.99. The standard InChI is InChI=1S/C10H7F4N/c1-2-5-15-9-4-3-7(6-8(9)11)10(12,13)14/h1,3-4,6,15H,5H2. The lowest BCUT2D eigenvalue weighted by molar-refractivity contribution is -0.137. The Balaban J connectivity index is 2.94. The summed E-state index contributed by atoms with van der Waals surface area (Å²) in [5, 5.41) is 2.46. The Morgan fingerprint density at radius 1 is 1.33 bits per heavy atom. The van der Waals surface area contributed by atoms with Gasteiger partial charge in [0.2, 0.25) is 0 Å². The smallest absolute Gasteiger partial charge is 0.372 e. The van der Waals surface area contributed by atoms with Crippen LogP contribution in [0.4, 0.5) is 23.2 Å². The summed E-state index contributed by atoms with van der Waals surface area (Å²) in [6, 6.07) is 2.23. The summed E-state index contributed by atoms with van der Waals surface area (Å²) < 4.78 is 49.5. The summed E-state index contributed by atoms with van der Waals surface area (Å²) in [4.78, 5) is 0. The van der Waals surface area contributed by atoms with E-state index in [0.29, 0.717) is 6.07 Å². The van der Waals surface area contributed by atoms with Crippen molar-refractivity contribution in [2.75, 3.05) is 11.9 Å². The number of hydrogen-bond donors (Lipinski definition) is 1. The molecule has 1 aromatic rings. The molecular weight excluding hydrogens is 210 g/mol. The van der Waals surface area contributed by atoms with Crippen molar-refractivity contribution < 1.29 is 17.6 Å². The van der Waals surface area contributed by atoms with Gasteiger partial charge in [0.25, 0.3) is 0 Å². The van der Waals surface area contributed by atoms with E-state index in [1.165, 1.54) is 0 Å². The van der Waals surface area contributed by atoms with Gasteiger partial charge >= 0.3 is 6.18 Å². The molecule has 0 radical (unpaired) electrons. The molecule has 1 rings (SSSR count). The lowest BCUT2D eigenvalue weighted by Crippen LogP contribution is -2.07. The van der Waals surface area contributed by atoms with Crippen LogP contribution < -0.4 is 5.32 Å². The molecule has 0 heterocycles. The van der Waals surface area contributed by atoms with Crippen LogP contribution in [-0.2, 0) is 6.18 Å². The van der Waals surface area contributed by atoms with Crippen LogP contribution in [0.1, 0.15) is 5.56 Å². The van der Waals surface area contributed by atoms with Gasteiger partial charge in [-0.25, -0.2) is 4.39 Å². The van der Waals surface area contributed by atoms with E-state index in [0.717, 1.165) is 12.1 Å². The second kappa shape index (κ2) is 4.22. The van der Waals surface area contributed by atoms with Gasteiger partial charge in [-0.2, -0.15) is 13.2 Å². The van der Waals surface area contributed by atoms with Gasteiger partial charge in [-0.1, -0.05) is 5.92 Å². The number of anilines is 1. The van der Waals surface area contributed by atoms with E-state index in [-0.39, 0.29) is 12.2 Å². The molecule has 0 spiro atoms. The Kier molecular flexibility index (Phi) is 3.20. The number of nitrogens with one attached hydrogen (secondary N) is 1. The molecule has 15 heavy (non-hydrogen) atoms. The third-order valence-electron chi connectivity index (χ3n) is 1.68. The van der Waals surface area contributed by atoms with Gasteiger partial charge < -0.3 is 5.32 Å². The molecule has 0 atom stereocenters. The van der Waals surface area contributed by atoms with E-state index in [9.17, 15) is 17.6 Å². The molecule has 0 bridgehead atoms. The van der Waals surface area contributed by atoms with E-state index >= 15 is 0 Å². The van der Waals surface area contributed by atoms with Gasteiger partial charge in [-0.15, -0.1) is 6.42 Å². The molecule has 80 valence electrons. The molecule has 1 N–H and O–H groups in total. The van der Waals surface area contributed by atoms with Crippen LogP contribution >= 0.6 is 0 Å². The Morgan fingerprint density at radius 2 is 2.00 bits per heavy atom. The van der Waals surface area contributed by atoms with Gasteiger partial charge in [0, 0.05) is 0 Å². The second-order valence-corrected chi connectivity index (χ2v) is 2.75. The molecular formula is C10H7F4N. The molecule has 1 nitrogen and oxygen atoms in total. The minimum Gasteiger partial charge on any atom is -0.372 e. The van der Waals surface area contributed by atoms with Crippen LogP contribution in [0.5, 0.6) is 0 Å². The van der Waals surface area contributed by atoms with Crippen molar-refractivity contribution in [3.63, 3.8) is 0 Å². The van der Waals surface area contributed by atoms with Crippen LogP contribution in [-0.4, -0.2) is 6.54 Å². The van der Waals surface area contributed by atoms with Crippen LogP contribution in [0.15, 0.2) is 18.2 Å². The molecule has 1 aromatic carbocycles. The lowest BCUT2D eigenvalue weighted by Gasteiger charge is -2.09. The third kappa shape index (κ3) is 2.88. The highest BCUT2D eigenvalue weighted by Crippen LogP contribution is 2.31. The number of halogens is 4. The highest BCUT2D eigenvalue weighted by molar-refractivity contribution is 5.47. The maximum atomic E-state index is 13.1. The second-order valence-electron chi connectivity index (χ2n) is 2.75. The Labute approximate surface area is 84.1 Å². The summed E-state index contributed by atoms with van der Waals surface area (Å²) in [6.45, 7) is 0.0578. The molecule has 0 saturated heterocycles. The zero-order valence-corrected chi connectivity index (χ0v) is 7.53. The molecule has 0 fully saturated rings. The van der Waals surface area contributed by atoms with Crippen molar-refractivity contribution in [3.8, 4) is 12.3 Å². The first-order chi connectivity index (χ1) is 6.95. The van der Waals surface area contributed by atoms with E-state index in [1.54, 1.807) is 0 Å². The third-order valence-corrected chi connectivity index (χ3v) is 1.68. The number of terminal acetylenes is 1. The highest BCUT2D eigenvalue weighted by atomic mass is 19.4. The average molecular weight is 217 g/mol. The van der Waals surface area contributed by atoms with Crippen molar-refractivity contribution >= 4 is 5.69 Å². The fraction of sp³-hybridized carbons (Fsp3) is 0.200. The quantitative estimate of drug-likeness (QED) is 0.593.